The second-order valence-electron chi connectivity index (χ2n) is 14.7. The van der Waals surface area contributed by atoms with E-state index in [0.717, 1.165) is 10.5 Å². The normalized spacial score (nSPS) is 15.1. The minimum atomic E-state index is -4.16. The number of nitrogen functional groups attached to an aromatic ring is 1. The molecule has 4 aromatic carbocycles. The van der Waals surface area contributed by atoms with Gasteiger partial charge in [-0.25, -0.2) is 13.2 Å². The molecule has 56 heavy (non-hydrogen) atoms. The van der Waals surface area contributed by atoms with E-state index in [1.54, 1.807) is 62.4 Å². The monoisotopic (exact) mass is 801 g/mol. The number of nitrogens with two attached hydrogens (primary N) is 1. The zero-order valence-corrected chi connectivity index (χ0v) is 33.4. The predicted octanol–water partition coefficient (Wildman–Crippen LogP) is 5.38. The maximum Gasteiger partial charge on any atom is 0.328 e. The fourth-order valence-corrected chi connectivity index (χ4v) is 8.48. The molecule has 0 aromatic heterocycles. The van der Waals surface area contributed by atoms with E-state index in [1.165, 1.54) is 27.4 Å². The molecule has 1 aliphatic rings. The summed E-state index contributed by atoms with van der Waals surface area (Å²) in [6.45, 7) is 6.51. The largest absolute Gasteiger partial charge is 0.397 e. The Bertz CT molecular complexity index is 2130. The number of benzene rings is 4. The topological polar surface area (TPSA) is 170 Å². The molecule has 1 saturated heterocycles. The molecule has 4 amide bonds. The van der Waals surface area contributed by atoms with E-state index in [2.05, 4.69) is 5.32 Å². The van der Waals surface area contributed by atoms with Gasteiger partial charge in [-0.1, -0.05) is 124 Å². The highest BCUT2D eigenvalue weighted by Crippen LogP contribution is 2.27. The van der Waals surface area contributed by atoms with Crippen LogP contribution in [0.4, 0.5) is 10.5 Å². The van der Waals surface area contributed by atoms with Crippen LogP contribution in [-0.4, -0.2) is 89.1 Å². The van der Waals surface area contributed by atoms with Crippen molar-refractivity contribution in [2.45, 2.75) is 63.7 Å². The second-order valence-corrected chi connectivity index (χ2v) is 17.1. The highest BCUT2D eigenvalue weighted by Gasteiger charge is 2.44. The van der Waals surface area contributed by atoms with E-state index >= 15 is 0 Å². The van der Waals surface area contributed by atoms with Gasteiger partial charge in [0.15, 0.2) is 5.78 Å². The number of aliphatic hydroxyl groups excluding tert-OH is 1. The number of halogens is 1. The Morgan fingerprint density at radius 3 is 2.05 bits per heavy atom. The number of ketones is 1. The Morgan fingerprint density at radius 2 is 1.46 bits per heavy atom. The van der Waals surface area contributed by atoms with Gasteiger partial charge in [0.05, 0.1) is 34.3 Å². The van der Waals surface area contributed by atoms with Gasteiger partial charge in [-0.2, -0.15) is 4.31 Å². The Balaban J connectivity index is 1.35. The molecule has 1 unspecified atom stereocenters. The number of hydrogen-bond acceptors (Lipinski definition) is 8. The number of nitrogens with one attached hydrogen (secondary N) is 1. The standard InChI is InChI=1S/C42H48ClN5O7S/c1-27(2)23-46(56(54,55)33-19-20-34(43)35(44)22-33)25-37(49)36(21-29-11-7-5-8-12-29)45-41(52)39(28(3)4)48-26-38(50)47(42(48)53)24-30-15-17-32(18-16-30)40(51)31-13-9-6-10-14-31/h5-20,22,27-28,36-37,39,49H,21,23-26,44H2,1-4H3,(H,45,52)/t36-,37+,39?/m0/s1. The van der Waals surface area contributed by atoms with Crippen LogP contribution in [0.25, 0.3) is 0 Å². The third kappa shape index (κ3) is 10.0. The Kier molecular flexibility index (Phi) is 13.7. The van der Waals surface area contributed by atoms with E-state index in [4.69, 9.17) is 17.3 Å². The number of rotatable bonds is 17. The minimum Gasteiger partial charge on any atom is -0.397 e. The summed E-state index contributed by atoms with van der Waals surface area (Å²) in [5, 5.41) is 14.9. The van der Waals surface area contributed by atoms with Crippen LogP contribution < -0.4 is 11.1 Å². The Labute approximate surface area is 333 Å². The zero-order valence-electron chi connectivity index (χ0n) is 31.8. The molecule has 4 aromatic rings. The summed E-state index contributed by atoms with van der Waals surface area (Å²) in [6.07, 6.45) is -1.25. The summed E-state index contributed by atoms with van der Waals surface area (Å²) in [5.41, 5.74) is 8.43. The molecule has 1 heterocycles. The third-order valence-corrected chi connectivity index (χ3v) is 11.7. The summed E-state index contributed by atoms with van der Waals surface area (Å²) in [5.74, 6) is -1.81. The fraction of sp³-hybridized carbons (Fsp3) is 0.333. The predicted molar refractivity (Wildman–Crippen MR) is 215 cm³/mol. The highest BCUT2D eigenvalue weighted by molar-refractivity contribution is 7.89. The smallest absolute Gasteiger partial charge is 0.328 e. The van der Waals surface area contributed by atoms with E-state index in [0.29, 0.717) is 16.7 Å². The molecule has 4 N–H and O–H groups in total. The number of carbonyl (C=O) groups excluding carboxylic acids is 4. The van der Waals surface area contributed by atoms with Crippen molar-refractivity contribution in [2.24, 2.45) is 11.8 Å². The van der Waals surface area contributed by atoms with Crippen LogP contribution in [0.5, 0.6) is 0 Å². The first-order valence-corrected chi connectivity index (χ1v) is 20.3. The molecule has 3 atom stereocenters. The van der Waals surface area contributed by atoms with Crippen molar-refractivity contribution in [1.29, 1.82) is 0 Å². The average molecular weight is 802 g/mol. The number of imide groups is 1. The summed E-state index contributed by atoms with van der Waals surface area (Å²) < 4.78 is 29.0. The van der Waals surface area contributed by atoms with Crippen LogP contribution in [0.15, 0.2) is 108 Å². The molecule has 5 rings (SSSR count). The van der Waals surface area contributed by atoms with Gasteiger partial charge in [-0.05, 0) is 47.6 Å². The maximum atomic E-state index is 14.2. The summed E-state index contributed by atoms with van der Waals surface area (Å²) >= 11 is 6.06. The third-order valence-electron chi connectivity index (χ3n) is 9.57. The molecule has 0 radical (unpaired) electrons. The van der Waals surface area contributed by atoms with E-state index in [9.17, 15) is 32.7 Å². The summed E-state index contributed by atoms with van der Waals surface area (Å²) in [6, 6.07) is 25.9. The van der Waals surface area contributed by atoms with Gasteiger partial charge in [0, 0.05) is 24.2 Å². The number of amides is 4. The lowest BCUT2D eigenvalue weighted by Crippen LogP contribution is -2.57. The molecule has 0 saturated carbocycles. The van der Waals surface area contributed by atoms with E-state index in [-0.39, 0.29) is 59.9 Å². The highest BCUT2D eigenvalue weighted by atomic mass is 35.5. The number of carbonyl (C=O) groups is 4. The first kappa shape index (κ1) is 42.1. The Hall–Kier alpha value is -5.08. The van der Waals surface area contributed by atoms with Crippen LogP contribution in [0.2, 0.25) is 5.02 Å². The Morgan fingerprint density at radius 1 is 0.857 bits per heavy atom. The van der Waals surface area contributed by atoms with Gasteiger partial charge < -0.3 is 21.1 Å². The molecule has 0 aliphatic carbocycles. The van der Waals surface area contributed by atoms with E-state index < -0.39 is 52.0 Å². The molecular formula is C42H48ClN5O7S. The van der Waals surface area contributed by atoms with Crippen molar-refractivity contribution in [3.05, 3.63) is 130 Å². The van der Waals surface area contributed by atoms with Crippen LogP contribution in [0, 0.1) is 11.8 Å². The average Bonchev–Trinajstić information content (AvgIpc) is 3.43. The second kappa shape index (κ2) is 18.2. The number of aliphatic hydroxyl groups is 1. The molecular weight excluding hydrogens is 754 g/mol. The summed E-state index contributed by atoms with van der Waals surface area (Å²) in [7, 11) is -4.16. The lowest BCUT2D eigenvalue weighted by molar-refractivity contribution is -0.129. The number of anilines is 1. The van der Waals surface area contributed by atoms with Gasteiger partial charge in [0.25, 0.3) is 5.91 Å². The van der Waals surface area contributed by atoms with Gasteiger partial charge in [0.2, 0.25) is 15.9 Å². The van der Waals surface area contributed by atoms with Crippen LogP contribution >= 0.6 is 11.6 Å². The van der Waals surface area contributed by atoms with Gasteiger partial charge >= 0.3 is 6.03 Å². The SMILES string of the molecule is CC(C)CN(C[C@@H](O)[C@H](Cc1ccccc1)NC(=O)C(C(C)C)N1CC(=O)N(Cc2ccc(C(=O)c3ccccc3)cc2)C1=O)S(=O)(=O)c1ccc(Cl)c(N)c1. The first-order valence-electron chi connectivity index (χ1n) is 18.4. The van der Waals surface area contributed by atoms with Gasteiger partial charge in [-0.3, -0.25) is 19.3 Å². The quantitative estimate of drug-likeness (QED) is 0.0727. The molecule has 0 bridgehead atoms. The number of hydrogen-bond donors (Lipinski definition) is 3. The number of urea groups is 1. The number of nitrogens with zero attached hydrogens (tertiary/aromatic N) is 3. The number of sulfonamides is 1. The minimum absolute atomic E-state index is 0.0603. The van der Waals surface area contributed by atoms with E-state index in [1.807, 2.05) is 50.2 Å². The van der Waals surface area contributed by atoms with Crippen molar-refractivity contribution in [2.75, 3.05) is 25.4 Å². The van der Waals surface area contributed by atoms with Crippen molar-refractivity contribution in [3.8, 4) is 0 Å². The fourth-order valence-electron chi connectivity index (χ4n) is 6.70. The van der Waals surface area contributed by atoms with Crippen LogP contribution in [-0.2, 0) is 32.6 Å². The zero-order chi connectivity index (χ0) is 40.7. The molecule has 0 spiro atoms. The van der Waals surface area contributed by atoms with Gasteiger partial charge in [0.1, 0.15) is 12.6 Å². The van der Waals surface area contributed by atoms with Crippen molar-refractivity contribution >= 4 is 50.9 Å². The first-order chi connectivity index (χ1) is 26.6. The molecule has 1 fully saturated rings. The molecule has 296 valence electrons. The maximum absolute atomic E-state index is 14.2. The molecule has 12 nitrogen and oxygen atoms in total. The van der Waals surface area contributed by atoms with Crippen molar-refractivity contribution in [1.82, 2.24) is 19.4 Å². The summed E-state index contributed by atoms with van der Waals surface area (Å²) in [4.78, 5) is 56.5. The lowest BCUT2D eigenvalue weighted by Gasteiger charge is -2.34. The van der Waals surface area contributed by atoms with Crippen molar-refractivity contribution < 1.29 is 32.7 Å². The molecule has 14 heteroatoms. The van der Waals surface area contributed by atoms with Crippen molar-refractivity contribution in [3.63, 3.8) is 0 Å². The van der Waals surface area contributed by atoms with Crippen LogP contribution in [0.1, 0.15) is 54.7 Å². The van der Waals surface area contributed by atoms with Gasteiger partial charge in [-0.15, -0.1) is 0 Å². The molecule has 1 aliphatic heterocycles. The lowest BCUT2D eigenvalue weighted by atomic mass is 9.97. The van der Waals surface area contributed by atoms with Crippen LogP contribution in [0.3, 0.4) is 0 Å².